The summed E-state index contributed by atoms with van der Waals surface area (Å²) in [6, 6.07) is 6.28. The van der Waals surface area contributed by atoms with Crippen LogP contribution in [0.25, 0.3) is 0 Å². The topological polar surface area (TPSA) is 32.8 Å². The van der Waals surface area contributed by atoms with E-state index in [0.717, 1.165) is 5.56 Å². The van der Waals surface area contributed by atoms with Crippen LogP contribution in [-0.4, -0.2) is 17.3 Å². The number of aliphatic hydroxyl groups is 1. The second-order valence-electron chi connectivity index (χ2n) is 3.32. The molecule has 0 radical (unpaired) electrons. The summed E-state index contributed by atoms with van der Waals surface area (Å²) in [5.74, 6) is -0.266. The van der Waals surface area contributed by atoms with Gasteiger partial charge in [-0.2, -0.15) is 0 Å². The van der Waals surface area contributed by atoms with Crippen LogP contribution in [0.4, 0.5) is 4.39 Å². The van der Waals surface area contributed by atoms with Crippen molar-refractivity contribution in [2.24, 2.45) is 0 Å². The van der Waals surface area contributed by atoms with Gasteiger partial charge in [0.1, 0.15) is 18.0 Å². The molecular weight excluding hydrogens is 171 g/mol. The van der Waals surface area contributed by atoms with E-state index in [4.69, 9.17) is 4.74 Å². The minimum Gasteiger partial charge on any atom is -0.391 e. The molecule has 0 aliphatic carbocycles. The molecule has 3 heteroatoms. The van der Waals surface area contributed by atoms with E-state index in [1.807, 2.05) is 0 Å². The molecule has 0 amide bonds. The van der Waals surface area contributed by atoms with E-state index >= 15 is 0 Å². The predicted octanol–water partition coefficient (Wildman–Crippen LogP) is 1.65. The van der Waals surface area contributed by atoms with Crippen LogP contribution >= 0.6 is 0 Å². The van der Waals surface area contributed by atoms with Gasteiger partial charge in [0, 0.05) is 0 Å². The Morgan fingerprint density at radius 3 is 2.85 bits per heavy atom. The van der Waals surface area contributed by atoms with Crippen LogP contribution in [0.1, 0.15) is 18.6 Å². The summed E-state index contributed by atoms with van der Waals surface area (Å²) >= 11 is 0. The molecule has 1 N–H and O–H groups in total. The fourth-order valence-electron chi connectivity index (χ4n) is 1.44. The Kier molecular flexibility index (Phi) is 2.06. The maximum atomic E-state index is 12.8. The number of hydrogen-bond donors (Lipinski definition) is 1. The van der Waals surface area contributed by atoms with Crippen molar-refractivity contribution in [2.75, 3.05) is 0 Å². The van der Waals surface area contributed by atoms with Crippen LogP contribution in [0.15, 0.2) is 24.3 Å². The molecule has 2 rings (SSSR count). The molecule has 1 heterocycles. The number of rotatable bonds is 2. The van der Waals surface area contributed by atoms with E-state index in [0.29, 0.717) is 0 Å². The van der Waals surface area contributed by atoms with Gasteiger partial charge in [0.05, 0.1) is 6.10 Å². The summed E-state index contributed by atoms with van der Waals surface area (Å²) in [5.41, 5.74) is 0.797. The summed E-state index contributed by atoms with van der Waals surface area (Å²) < 4.78 is 18.0. The molecule has 0 spiro atoms. The minimum atomic E-state index is -0.492. The predicted molar refractivity (Wildman–Crippen MR) is 45.7 cm³/mol. The summed E-state index contributed by atoms with van der Waals surface area (Å²) in [4.78, 5) is 0. The SMILES string of the molecule is C[C@@H](O)[C@@H]1O[C@H]1c1cccc(F)c1. The fraction of sp³-hybridized carbons (Fsp3) is 0.400. The molecule has 0 unspecified atom stereocenters. The Morgan fingerprint density at radius 2 is 2.31 bits per heavy atom. The zero-order chi connectivity index (χ0) is 9.42. The average molecular weight is 182 g/mol. The monoisotopic (exact) mass is 182 g/mol. The van der Waals surface area contributed by atoms with Crippen molar-refractivity contribution in [3.8, 4) is 0 Å². The molecule has 3 atom stereocenters. The number of hydrogen-bond acceptors (Lipinski definition) is 2. The summed E-state index contributed by atoms with van der Waals surface area (Å²) in [7, 11) is 0. The van der Waals surface area contributed by atoms with E-state index in [2.05, 4.69) is 0 Å². The molecule has 1 aliphatic rings. The van der Waals surface area contributed by atoms with Crippen molar-refractivity contribution in [3.63, 3.8) is 0 Å². The first kappa shape index (κ1) is 8.66. The summed E-state index contributed by atoms with van der Waals surface area (Å²) in [6.07, 6.45) is -0.786. The highest BCUT2D eigenvalue weighted by Crippen LogP contribution is 2.40. The van der Waals surface area contributed by atoms with Crippen LogP contribution in [0.3, 0.4) is 0 Å². The Morgan fingerprint density at radius 1 is 1.54 bits per heavy atom. The van der Waals surface area contributed by atoms with Gasteiger partial charge in [-0.05, 0) is 24.6 Å². The Bertz CT molecular complexity index is 312. The second-order valence-corrected chi connectivity index (χ2v) is 3.32. The third-order valence-electron chi connectivity index (χ3n) is 2.18. The van der Waals surface area contributed by atoms with Crippen LogP contribution in [0.5, 0.6) is 0 Å². The summed E-state index contributed by atoms with van der Waals surface area (Å²) in [6.45, 7) is 1.67. The number of aliphatic hydroxyl groups excluding tert-OH is 1. The fourth-order valence-corrected chi connectivity index (χ4v) is 1.44. The second kappa shape index (κ2) is 3.09. The maximum Gasteiger partial charge on any atom is 0.123 e. The lowest BCUT2D eigenvalue weighted by Crippen LogP contribution is -2.09. The minimum absolute atomic E-state index is 0.129. The third-order valence-corrected chi connectivity index (χ3v) is 2.18. The maximum absolute atomic E-state index is 12.8. The molecule has 1 aromatic rings. The first-order valence-corrected chi connectivity index (χ1v) is 4.27. The van der Waals surface area contributed by atoms with Crippen LogP contribution in [-0.2, 0) is 4.74 Å². The van der Waals surface area contributed by atoms with E-state index in [-0.39, 0.29) is 18.0 Å². The molecule has 2 nitrogen and oxygen atoms in total. The van der Waals surface area contributed by atoms with Gasteiger partial charge < -0.3 is 9.84 Å². The van der Waals surface area contributed by atoms with E-state index in [1.165, 1.54) is 12.1 Å². The van der Waals surface area contributed by atoms with Crippen molar-refractivity contribution in [1.29, 1.82) is 0 Å². The van der Waals surface area contributed by atoms with Gasteiger partial charge in [0.15, 0.2) is 0 Å². The van der Waals surface area contributed by atoms with Gasteiger partial charge in [-0.25, -0.2) is 4.39 Å². The Hall–Kier alpha value is -0.930. The number of halogens is 1. The molecule has 1 fully saturated rings. The standard InChI is InChI=1S/C10H11FO2/c1-6(12)9-10(13-9)7-3-2-4-8(11)5-7/h2-6,9-10,12H,1H3/t6-,9+,10+/m1/s1. The van der Waals surface area contributed by atoms with Gasteiger partial charge >= 0.3 is 0 Å². The van der Waals surface area contributed by atoms with Crippen LogP contribution < -0.4 is 0 Å². The van der Waals surface area contributed by atoms with Crippen molar-refractivity contribution >= 4 is 0 Å². The van der Waals surface area contributed by atoms with E-state index in [1.54, 1.807) is 19.1 Å². The Balaban J connectivity index is 2.12. The number of benzene rings is 1. The highest BCUT2D eigenvalue weighted by atomic mass is 19.1. The largest absolute Gasteiger partial charge is 0.391 e. The van der Waals surface area contributed by atoms with Gasteiger partial charge in [0.25, 0.3) is 0 Å². The van der Waals surface area contributed by atoms with E-state index < -0.39 is 6.10 Å². The lowest BCUT2D eigenvalue weighted by atomic mass is 10.1. The molecule has 0 bridgehead atoms. The normalized spacial score (nSPS) is 28.5. The first-order valence-electron chi connectivity index (χ1n) is 4.27. The Labute approximate surface area is 76.0 Å². The smallest absolute Gasteiger partial charge is 0.123 e. The third kappa shape index (κ3) is 1.71. The van der Waals surface area contributed by atoms with Crippen LogP contribution in [0, 0.1) is 5.82 Å². The van der Waals surface area contributed by atoms with Gasteiger partial charge in [-0.3, -0.25) is 0 Å². The van der Waals surface area contributed by atoms with Crippen molar-refractivity contribution < 1.29 is 14.2 Å². The zero-order valence-electron chi connectivity index (χ0n) is 7.27. The molecule has 70 valence electrons. The lowest BCUT2D eigenvalue weighted by Gasteiger charge is -1.98. The molecule has 1 aliphatic heterocycles. The number of epoxide rings is 1. The molecule has 13 heavy (non-hydrogen) atoms. The highest BCUT2D eigenvalue weighted by Gasteiger charge is 2.43. The van der Waals surface area contributed by atoms with E-state index in [9.17, 15) is 9.50 Å². The van der Waals surface area contributed by atoms with Gasteiger partial charge in [0.2, 0.25) is 0 Å². The van der Waals surface area contributed by atoms with Crippen molar-refractivity contribution in [1.82, 2.24) is 0 Å². The van der Waals surface area contributed by atoms with Gasteiger partial charge in [-0.1, -0.05) is 12.1 Å². The van der Waals surface area contributed by atoms with Gasteiger partial charge in [-0.15, -0.1) is 0 Å². The molecule has 1 saturated heterocycles. The average Bonchev–Trinajstić information content (AvgIpc) is 2.82. The zero-order valence-corrected chi connectivity index (χ0v) is 7.27. The molecule has 0 saturated carbocycles. The first-order chi connectivity index (χ1) is 6.18. The lowest BCUT2D eigenvalue weighted by molar-refractivity contribution is 0.152. The summed E-state index contributed by atoms with van der Waals surface area (Å²) in [5, 5.41) is 9.17. The van der Waals surface area contributed by atoms with Crippen molar-refractivity contribution in [2.45, 2.75) is 25.2 Å². The highest BCUT2D eigenvalue weighted by molar-refractivity contribution is 5.23. The van der Waals surface area contributed by atoms with Crippen molar-refractivity contribution in [3.05, 3.63) is 35.6 Å². The number of ether oxygens (including phenoxy) is 1. The molecule has 0 aromatic heterocycles. The molecular formula is C10H11FO2. The molecule has 1 aromatic carbocycles. The van der Waals surface area contributed by atoms with Crippen LogP contribution in [0.2, 0.25) is 0 Å². The quantitative estimate of drug-likeness (QED) is 0.705.